The van der Waals surface area contributed by atoms with E-state index in [1.54, 1.807) is 0 Å². The van der Waals surface area contributed by atoms with E-state index in [0.717, 1.165) is 23.9 Å². The highest BCUT2D eigenvalue weighted by atomic mass is 15.2. The Morgan fingerprint density at radius 1 is 1.07 bits per heavy atom. The van der Waals surface area contributed by atoms with Crippen LogP contribution in [-0.2, 0) is 0 Å². The monoisotopic (exact) mass is 210 g/mol. The molecule has 0 aromatic carbocycles. The first-order chi connectivity index (χ1) is 7.16. The molecule has 0 radical (unpaired) electrons. The summed E-state index contributed by atoms with van der Waals surface area (Å²) in [6, 6.07) is 1.53. The van der Waals surface area contributed by atoms with Crippen molar-refractivity contribution < 1.29 is 0 Å². The first-order valence-corrected chi connectivity index (χ1v) is 6.61. The van der Waals surface area contributed by atoms with E-state index in [1.807, 2.05) is 0 Å². The van der Waals surface area contributed by atoms with Crippen LogP contribution in [0.4, 0.5) is 0 Å². The molecule has 1 N–H and O–H groups in total. The molecule has 88 valence electrons. The molecule has 1 heterocycles. The van der Waals surface area contributed by atoms with Crippen molar-refractivity contribution in [2.75, 3.05) is 20.1 Å². The molecule has 0 aromatic heterocycles. The SMILES string of the molecule is C[C@@H]1CCC[C@H](C)C1N[C@@H]1CCN(C)C1. The topological polar surface area (TPSA) is 15.3 Å². The fourth-order valence-electron chi connectivity index (χ4n) is 3.35. The van der Waals surface area contributed by atoms with Gasteiger partial charge in [0.05, 0.1) is 0 Å². The molecule has 0 bridgehead atoms. The molecule has 1 unspecified atom stereocenters. The summed E-state index contributed by atoms with van der Waals surface area (Å²) in [5.41, 5.74) is 0. The van der Waals surface area contributed by atoms with E-state index in [2.05, 4.69) is 31.1 Å². The number of rotatable bonds is 2. The smallest absolute Gasteiger partial charge is 0.0209 e. The second-order valence-electron chi connectivity index (χ2n) is 5.83. The van der Waals surface area contributed by atoms with Gasteiger partial charge in [-0.2, -0.15) is 0 Å². The molecule has 1 saturated carbocycles. The molecule has 1 aliphatic heterocycles. The second-order valence-corrected chi connectivity index (χ2v) is 5.83. The third kappa shape index (κ3) is 2.73. The molecule has 0 spiro atoms. The summed E-state index contributed by atoms with van der Waals surface area (Å²) in [7, 11) is 2.23. The number of likely N-dealkylation sites (N-methyl/N-ethyl adjacent to an activating group) is 1. The van der Waals surface area contributed by atoms with Crippen molar-refractivity contribution >= 4 is 0 Å². The molecular formula is C13H26N2. The van der Waals surface area contributed by atoms with E-state index in [-0.39, 0.29) is 0 Å². The third-order valence-electron chi connectivity index (χ3n) is 4.36. The van der Waals surface area contributed by atoms with Crippen LogP contribution in [-0.4, -0.2) is 37.1 Å². The maximum Gasteiger partial charge on any atom is 0.0209 e. The van der Waals surface area contributed by atoms with Crippen LogP contribution in [0.2, 0.25) is 0 Å². The average molecular weight is 210 g/mol. The summed E-state index contributed by atoms with van der Waals surface area (Å²) >= 11 is 0. The number of hydrogen-bond donors (Lipinski definition) is 1. The van der Waals surface area contributed by atoms with Crippen molar-refractivity contribution in [2.45, 2.75) is 51.6 Å². The summed E-state index contributed by atoms with van der Waals surface area (Å²) in [4.78, 5) is 2.44. The Hall–Kier alpha value is -0.0800. The van der Waals surface area contributed by atoms with Crippen molar-refractivity contribution in [2.24, 2.45) is 11.8 Å². The quantitative estimate of drug-likeness (QED) is 0.751. The minimum absolute atomic E-state index is 0.753. The van der Waals surface area contributed by atoms with Gasteiger partial charge in [0, 0.05) is 18.6 Å². The molecule has 2 fully saturated rings. The van der Waals surface area contributed by atoms with Crippen LogP contribution >= 0.6 is 0 Å². The van der Waals surface area contributed by atoms with Gasteiger partial charge in [-0.15, -0.1) is 0 Å². The second kappa shape index (κ2) is 4.84. The zero-order valence-electron chi connectivity index (χ0n) is 10.5. The Morgan fingerprint density at radius 3 is 2.27 bits per heavy atom. The van der Waals surface area contributed by atoms with Gasteiger partial charge in [0.25, 0.3) is 0 Å². The van der Waals surface area contributed by atoms with Gasteiger partial charge in [0.1, 0.15) is 0 Å². The molecule has 15 heavy (non-hydrogen) atoms. The Bertz CT molecular complexity index is 195. The van der Waals surface area contributed by atoms with Crippen LogP contribution in [0.1, 0.15) is 39.5 Å². The molecular weight excluding hydrogens is 184 g/mol. The molecule has 2 aliphatic rings. The van der Waals surface area contributed by atoms with Crippen LogP contribution in [0.3, 0.4) is 0 Å². The molecule has 2 nitrogen and oxygen atoms in total. The first kappa shape index (κ1) is 11.4. The zero-order chi connectivity index (χ0) is 10.8. The summed E-state index contributed by atoms with van der Waals surface area (Å²) in [5, 5.41) is 3.91. The van der Waals surface area contributed by atoms with Gasteiger partial charge in [-0.3, -0.25) is 0 Å². The van der Waals surface area contributed by atoms with E-state index >= 15 is 0 Å². The molecule has 1 saturated heterocycles. The number of nitrogens with zero attached hydrogens (tertiary/aromatic N) is 1. The van der Waals surface area contributed by atoms with E-state index in [9.17, 15) is 0 Å². The standard InChI is InChI=1S/C13H26N2/c1-10-5-4-6-11(2)13(10)14-12-7-8-15(3)9-12/h10-14H,4-9H2,1-3H3/t10-,11+,12-,13?/m1/s1. The fourth-order valence-corrected chi connectivity index (χ4v) is 3.35. The van der Waals surface area contributed by atoms with E-state index < -0.39 is 0 Å². The third-order valence-corrected chi connectivity index (χ3v) is 4.36. The Balaban J connectivity index is 1.86. The summed E-state index contributed by atoms with van der Waals surface area (Å²) < 4.78 is 0. The first-order valence-electron chi connectivity index (χ1n) is 6.61. The lowest BCUT2D eigenvalue weighted by Crippen LogP contribution is -2.48. The van der Waals surface area contributed by atoms with Crippen molar-refractivity contribution in [3.8, 4) is 0 Å². The highest BCUT2D eigenvalue weighted by Crippen LogP contribution is 2.29. The zero-order valence-corrected chi connectivity index (χ0v) is 10.5. The molecule has 0 amide bonds. The van der Waals surface area contributed by atoms with Gasteiger partial charge < -0.3 is 10.2 Å². The largest absolute Gasteiger partial charge is 0.309 e. The van der Waals surface area contributed by atoms with Gasteiger partial charge >= 0.3 is 0 Å². The number of hydrogen-bond acceptors (Lipinski definition) is 2. The van der Waals surface area contributed by atoms with Crippen LogP contribution in [0.15, 0.2) is 0 Å². The lowest BCUT2D eigenvalue weighted by atomic mass is 9.78. The van der Waals surface area contributed by atoms with E-state index in [4.69, 9.17) is 0 Å². The molecule has 2 rings (SSSR count). The van der Waals surface area contributed by atoms with Crippen molar-refractivity contribution in [3.05, 3.63) is 0 Å². The lowest BCUT2D eigenvalue weighted by molar-refractivity contribution is 0.193. The molecule has 4 atom stereocenters. The van der Waals surface area contributed by atoms with Crippen molar-refractivity contribution in [1.82, 2.24) is 10.2 Å². The highest BCUT2D eigenvalue weighted by molar-refractivity contribution is 4.89. The highest BCUT2D eigenvalue weighted by Gasteiger charge is 2.30. The maximum atomic E-state index is 3.91. The van der Waals surface area contributed by atoms with Crippen LogP contribution in [0.5, 0.6) is 0 Å². The predicted molar refractivity (Wildman–Crippen MR) is 65.0 cm³/mol. The van der Waals surface area contributed by atoms with Crippen molar-refractivity contribution in [3.63, 3.8) is 0 Å². The Kier molecular flexibility index (Phi) is 3.68. The normalized spacial score (nSPS) is 43.4. The predicted octanol–water partition coefficient (Wildman–Crippen LogP) is 2.10. The van der Waals surface area contributed by atoms with Crippen LogP contribution in [0.25, 0.3) is 0 Å². The fraction of sp³-hybridized carbons (Fsp3) is 1.00. The lowest BCUT2D eigenvalue weighted by Gasteiger charge is -2.37. The number of likely N-dealkylation sites (tertiary alicyclic amines) is 1. The van der Waals surface area contributed by atoms with Crippen LogP contribution in [0, 0.1) is 11.8 Å². The maximum absolute atomic E-state index is 3.91. The Morgan fingerprint density at radius 2 is 1.73 bits per heavy atom. The van der Waals surface area contributed by atoms with E-state index in [1.165, 1.54) is 38.8 Å². The van der Waals surface area contributed by atoms with Gasteiger partial charge in [0.2, 0.25) is 0 Å². The van der Waals surface area contributed by atoms with Crippen molar-refractivity contribution in [1.29, 1.82) is 0 Å². The molecule has 2 heteroatoms. The summed E-state index contributed by atoms with van der Waals surface area (Å²) in [5.74, 6) is 1.75. The Labute approximate surface area is 94.4 Å². The molecule has 1 aliphatic carbocycles. The summed E-state index contributed by atoms with van der Waals surface area (Å²) in [6.45, 7) is 7.36. The minimum Gasteiger partial charge on any atom is -0.309 e. The van der Waals surface area contributed by atoms with E-state index in [0.29, 0.717) is 0 Å². The van der Waals surface area contributed by atoms with Gasteiger partial charge in [-0.1, -0.05) is 20.3 Å². The number of nitrogens with one attached hydrogen (secondary N) is 1. The van der Waals surface area contributed by atoms with Gasteiger partial charge in [-0.25, -0.2) is 0 Å². The van der Waals surface area contributed by atoms with Gasteiger partial charge in [0.15, 0.2) is 0 Å². The minimum atomic E-state index is 0.753. The summed E-state index contributed by atoms with van der Waals surface area (Å²) in [6.07, 6.45) is 5.62. The van der Waals surface area contributed by atoms with Crippen LogP contribution < -0.4 is 5.32 Å². The molecule has 0 aromatic rings. The average Bonchev–Trinajstić information content (AvgIpc) is 2.58. The van der Waals surface area contributed by atoms with Gasteiger partial charge in [-0.05, 0) is 44.7 Å².